The molecule has 1 aliphatic heterocycles. The Morgan fingerprint density at radius 3 is 2.95 bits per heavy atom. The lowest BCUT2D eigenvalue weighted by Gasteiger charge is -2.32. The number of amides is 1. The Morgan fingerprint density at radius 1 is 1.38 bits per heavy atom. The molecule has 3 rings (SSSR count). The van der Waals surface area contributed by atoms with Gasteiger partial charge in [-0.25, -0.2) is 9.78 Å². The van der Waals surface area contributed by atoms with Crippen LogP contribution in [0.4, 0.5) is 0 Å². The molecule has 7 nitrogen and oxygen atoms in total. The number of carboxylic acid groups (broad SMARTS) is 1. The van der Waals surface area contributed by atoms with Gasteiger partial charge in [-0.05, 0) is 19.3 Å². The molecule has 1 aliphatic rings. The third-order valence-electron chi connectivity index (χ3n) is 3.62. The van der Waals surface area contributed by atoms with Crippen LogP contribution in [-0.2, 0) is 4.79 Å². The van der Waals surface area contributed by atoms with E-state index in [4.69, 9.17) is 0 Å². The fourth-order valence-electron chi connectivity index (χ4n) is 2.56. The lowest BCUT2D eigenvalue weighted by molar-refractivity contribution is -0.143. The first-order chi connectivity index (χ1) is 10.1. The van der Waals surface area contributed by atoms with Gasteiger partial charge >= 0.3 is 5.97 Å². The average Bonchev–Trinajstić information content (AvgIpc) is 2.96. The fourth-order valence-corrected chi connectivity index (χ4v) is 3.23. The zero-order valence-corrected chi connectivity index (χ0v) is 11.9. The summed E-state index contributed by atoms with van der Waals surface area (Å²) in [6, 6.07) is -0.867. The van der Waals surface area contributed by atoms with Crippen LogP contribution in [-0.4, -0.2) is 43.9 Å². The Balaban J connectivity index is 2.01. The van der Waals surface area contributed by atoms with Crippen LogP contribution in [0.25, 0.3) is 4.96 Å². The quantitative estimate of drug-likeness (QED) is 0.887. The largest absolute Gasteiger partial charge is 0.480 e. The summed E-state index contributed by atoms with van der Waals surface area (Å²) in [7, 11) is 0. The Labute approximate surface area is 123 Å². The average molecular weight is 307 g/mol. The first-order valence-electron chi connectivity index (χ1n) is 6.58. The smallest absolute Gasteiger partial charge is 0.326 e. The number of hydrogen-bond donors (Lipinski definition) is 1. The second-order valence-electron chi connectivity index (χ2n) is 4.88. The summed E-state index contributed by atoms with van der Waals surface area (Å²) in [5.41, 5.74) is -0.542. The van der Waals surface area contributed by atoms with Crippen molar-refractivity contribution in [3.05, 3.63) is 33.7 Å². The number of hydrogen-bond acceptors (Lipinski definition) is 5. The number of likely N-dealkylation sites (tertiary alicyclic amines) is 1. The number of aromatic nitrogens is 2. The van der Waals surface area contributed by atoms with E-state index >= 15 is 0 Å². The summed E-state index contributed by atoms with van der Waals surface area (Å²) >= 11 is 1.30. The summed E-state index contributed by atoms with van der Waals surface area (Å²) in [4.78, 5) is 41.9. The number of carboxylic acids is 1. The highest BCUT2D eigenvalue weighted by atomic mass is 32.1. The van der Waals surface area contributed by atoms with E-state index in [-0.39, 0.29) is 5.56 Å². The van der Waals surface area contributed by atoms with E-state index in [2.05, 4.69) is 4.98 Å². The van der Waals surface area contributed by atoms with Crippen LogP contribution in [0, 0.1) is 0 Å². The van der Waals surface area contributed by atoms with Crippen molar-refractivity contribution in [1.29, 1.82) is 0 Å². The predicted molar refractivity (Wildman–Crippen MR) is 75.7 cm³/mol. The topological polar surface area (TPSA) is 92.0 Å². The van der Waals surface area contributed by atoms with Gasteiger partial charge in [-0.3, -0.25) is 14.0 Å². The maximum atomic E-state index is 12.5. The van der Waals surface area contributed by atoms with E-state index in [1.165, 1.54) is 26.8 Å². The number of aliphatic carboxylic acids is 1. The second-order valence-corrected chi connectivity index (χ2v) is 5.75. The Hall–Kier alpha value is -2.22. The molecule has 0 aromatic carbocycles. The van der Waals surface area contributed by atoms with E-state index in [0.717, 1.165) is 12.8 Å². The summed E-state index contributed by atoms with van der Waals surface area (Å²) < 4.78 is 1.30. The van der Waals surface area contributed by atoms with Crippen LogP contribution in [0.1, 0.15) is 29.6 Å². The molecule has 8 heteroatoms. The third-order valence-corrected chi connectivity index (χ3v) is 4.39. The molecule has 0 aliphatic carbocycles. The minimum absolute atomic E-state index is 0.0842. The van der Waals surface area contributed by atoms with E-state index < -0.39 is 23.5 Å². The van der Waals surface area contributed by atoms with Gasteiger partial charge < -0.3 is 10.0 Å². The number of thiazole rings is 1. The number of rotatable bonds is 2. The molecule has 0 radical (unpaired) electrons. The molecule has 21 heavy (non-hydrogen) atoms. The Morgan fingerprint density at radius 2 is 2.19 bits per heavy atom. The summed E-state index contributed by atoms with van der Waals surface area (Å²) in [5.74, 6) is -1.59. The molecule has 1 amide bonds. The minimum atomic E-state index is -1.03. The zero-order chi connectivity index (χ0) is 15.0. The minimum Gasteiger partial charge on any atom is -0.480 e. The zero-order valence-electron chi connectivity index (χ0n) is 11.1. The fraction of sp³-hybridized carbons (Fsp3) is 0.385. The van der Waals surface area contributed by atoms with Crippen molar-refractivity contribution >= 4 is 28.2 Å². The molecule has 1 fully saturated rings. The van der Waals surface area contributed by atoms with Crippen LogP contribution in [0.3, 0.4) is 0 Å². The standard InChI is InChI=1S/C13H13N3O4S/c17-10(15-4-2-1-3-9(15)12(19)20)8-7-14-13-16(11(8)18)5-6-21-13/h5-7,9H,1-4H2,(H,19,20)/t9-/m1/s1. The van der Waals surface area contributed by atoms with E-state index in [0.29, 0.717) is 17.9 Å². The highest BCUT2D eigenvalue weighted by molar-refractivity contribution is 7.15. The molecule has 1 saturated heterocycles. The summed E-state index contributed by atoms with van der Waals surface area (Å²) in [5, 5.41) is 10.9. The van der Waals surface area contributed by atoms with Crippen molar-refractivity contribution in [1.82, 2.24) is 14.3 Å². The lowest BCUT2D eigenvalue weighted by Crippen LogP contribution is -2.49. The van der Waals surface area contributed by atoms with Crippen molar-refractivity contribution in [3.63, 3.8) is 0 Å². The van der Waals surface area contributed by atoms with Gasteiger partial charge in [0.1, 0.15) is 11.6 Å². The van der Waals surface area contributed by atoms with Crippen molar-refractivity contribution in [2.24, 2.45) is 0 Å². The van der Waals surface area contributed by atoms with Crippen LogP contribution in [0.5, 0.6) is 0 Å². The van der Waals surface area contributed by atoms with E-state index in [9.17, 15) is 19.5 Å². The predicted octanol–water partition coefficient (Wildman–Crippen LogP) is 0.835. The van der Waals surface area contributed by atoms with E-state index in [1.54, 1.807) is 11.6 Å². The van der Waals surface area contributed by atoms with E-state index in [1.807, 2.05) is 0 Å². The van der Waals surface area contributed by atoms with Crippen LogP contribution >= 0.6 is 11.3 Å². The second kappa shape index (κ2) is 5.28. The molecule has 110 valence electrons. The Bertz CT molecular complexity index is 766. The van der Waals surface area contributed by atoms with Gasteiger partial charge in [-0.15, -0.1) is 11.3 Å². The van der Waals surface area contributed by atoms with Gasteiger partial charge in [-0.2, -0.15) is 0 Å². The third kappa shape index (κ3) is 2.31. The van der Waals surface area contributed by atoms with Crippen molar-refractivity contribution < 1.29 is 14.7 Å². The van der Waals surface area contributed by atoms with Crippen molar-refractivity contribution in [2.75, 3.05) is 6.54 Å². The van der Waals surface area contributed by atoms with Gasteiger partial charge in [0.25, 0.3) is 11.5 Å². The molecular weight excluding hydrogens is 294 g/mol. The number of nitrogens with zero attached hydrogens (tertiary/aromatic N) is 3. The van der Waals surface area contributed by atoms with Gasteiger partial charge in [0.2, 0.25) is 0 Å². The SMILES string of the molecule is O=C(O)[C@H]1CCCCN1C(=O)c1cnc2sccn2c1=O. The normalized spacial score (nSPS) is 18.9. The molecular formula is C13H13N3O4S. The van der Waals surface area contributed by atoms with Gasteiger partial charge in [0.05, 0.1) is 0 Å². The van der Waals surface area contributed by atoms with Gasteiger partial charge in [0.15, 0.2) is 4.96 Å². The summed E-state index contributed by atoms with van der Waals surface area (Å²) in [6.07, 6.45) is 4.71. The highest BCUT2D eigenvalue weighted by Crippen LogP contribution is 2.19. The number of carbonyl (C=O) groups is 2. The molecule has 1 atom stereocenters. The van der Waals surface area contributed by atoms with Crippen LogP contribution < -0.4 is 5.56 Å². The monoisotopic (exact) mass is 307 g/mol. The molecule has 0 spiro atoms. The highest BCUT2D eigenvalue weighted by Gasteiger charge is 2.33. The van der Waals surface area contributed by atoms with Gasteiger partial charge in [-0.1, -0.05) is 0 Å². The van der Waals surface area contributed by atoms with Crippen molar-refractivity contribution in [3.8, 4) is 0 Å². The first-order valence-corrected chi connectivity index (χ1v) is 7.46. The lowest BCUT2D eigenvalue weighted by atomic mass is 10.0. The van der Waals surface area contributed by atoms with Crippen molar-refractivity contribution in [2.45, 2.75) is 25.3 Å². The molecule has 0 unspecified atom stereocenters. The van der Waals surface area contributed by atoms with Crippen LogP contribution in [0.2, 0.25) is 0 Å². The maximum Gasteiger partial charge on any atom is 0.326 e. The number of piperidine rings is 1. The van der Waals surface area contributed by atoms with Gasteiger partial charge in [0, 0.05) is 24.3 Å². The summed E-state index contributed by atoms with van der Waals surface area (Å²) in [6.45, 7) is 0.349. The maximum absolute atomic E-state index is 12.5. The number of fused-ring (bicyclic) bond motifs is 1. The molecule has 0 bridgehead atoms. The molecule has 2 aromatic rings. The molecule has 2 aromatic heterocycles. The molecule has 1 N–H and O–H groups in total. The first kappa shape index (κ1) is 13.7. The molecule has 0 saturated carbocycles. The van der Waals surface area contributed by atoms with Crippen LogP contribution in [0.15, 0.2) is 22.6 Å². The number of carbonyl (C=O) groups excluding carboxylic acids is 1. The Kier molecular flexibility index (Phi) is 3.46. The molecule has 3 heterocycles.